The SMILES string of the molecule is CNC(=O)c1cccc(-c2nccc3c(Nc4ccc(C(F)(F)F)cc4)c(N)oc23)c1. The standard InChI is InChI=1S/C22H17F3N4O2/c1-27-21(30)13-4-2-3-12(11-13)17-19-16(9-10-28-17)18(20(26)31-19)29-15-7-5-14(6-8-15)22(23,24)25/h2-11,29H,26H2,1H3,(H,27,30). The van der Waals surface area contributed by atoms with Gasteiger partial charge in [0.15, 0.2) is 5.58 Å². The number of halogens is 3. The van der Waals surface area contributed by atoms with Crippen molar-refractivity contribution in [1.29, 1.82) is 0 Å². The van der Waals surface area contributed by atoms with Gasteiger partial charge in [0.2, 0.25) is 5.88 Å². The molecule has 9 heteroatoms. The van der Waals surface area contributed by atoms with Crippen molar-refractivity contribution < 1.29 is 22.4 Å². The highest BCUT2D eigenvalue weighted by Gasteiger charge is 2.30. The lowest BCUT2D eigenvalue weighted by Crippen LogP contribution is -2.17. The number of hydrogen-bond donors (Lipinski definition) is 3. The number of benzene rings is 2. The van der Waals surface area contributed by atoms with Crippen LogP contribution < -0.4 is 16.4 Å². The Morgan fingerprint density at radius 2 is 1.84 bits per heavy atom. The first-order valence-corrected chi connectivity index (χ1v) is 9.21. The van der Waals surface area contributed by atoms with Crippen LogP contribution in [0.2, 0.25) is 0 Å². The molecule has 1 amide bonds. The van der Waals surface area contributed by atoms with Crippen LogP contribution >= 0.6 is 0 Å². The van der Waals surface area contributed by atoms with Gasteiger partial charge in [-0.3, -0.25) is 9.78 Å². The number of nitrogen functional groups attached to an aromatic ring is 1. The van der Waals surface area contributed by atoms with E-state index >= 15 is 0 Å². The fraction of sp³-hybridized carbons (Fsp3) is 0.0909. The number of nitrogens with zero attached hydrogens (tertiary/aromatic N) is 1. The lowest BCUT2D eigenvalue weighted by molar-refractivity contribution is -0.137. The zero-order valence-electron chi connectivity index (χ0n) is 16.2. The number of carbonyl (C=O) groups is 1. The molecule has 2 heterocycles. The van der Waals surface area contributed by atoms with Gasteiger partial charge < -0.3 is 20.8 Å². The Bertz CT molecular complexity index is 1260. The van der Waals surface area contributed by atoms with Crippen LogP contribution in [0.5, 0.6) is 0 Å². The number of hydrogen-bond acceptors (Lipinski definition) is 5. The van der Waals surface area contributed by atoms with Crippen molar-refractivity contribution in [3.05, 3.63) is 71.9 Å². The zero-order valence-corrected chi connectivity index (χ0v) is 16.2. The molecule has 4 N–H and O–H groups in total. The molecule has 0 saturated carbocycles. The first-order chi connectivity index (χ1) is 14.8. The largest absolute Gasteiger partial charge is 0.436 e. The van der Waals surface area contributed by atoms with E-state index in [9.17, 15) is 18.0 Å². The third-order valence-corrected chi connectivity index (χ3v) is 4.74. The van der Waals surface area contributed by atoms with E-state index in [2.05, 4.69) is 15.6 Å². The fourth-order valence-corrected chi connectivity index (χ4v) is 3.22. The molecular formula is C22H17F3N4O2. The molecule has 6 nitrogen and oxygen atoms in total. The average molecular weight is 426 g/mol. The number of rotatable bonds is 4. The van der Waals surface area contributed by atoms with Crippen LogP contribution in [-0.2, 0) is 6.18 Å². The number of alkyl halides is 3. The van der Waals surface area contributed by atoms with Gasteiger partial charge in [0.05, 0.1) is 10.9 Å². The van der Waals surface area contributed by atoms with Gasteiger partial charge in [0, 0.05) is 30.1 Å². The minimum Gasteiger partial charge on any atom is -0.436 e. The van der Waals surface area contributed by atoms with Crippen molar-refractivity contribution >= 4 is 34.1 Å². The molecule has 0 saturated heterocycles. The van der Waals surface area contributed by atoms with Crippen LogP contribution in [0.3, 0.4) is 0 Å². The van der Waals surface area contributed by atoms with Crippen molar-refractivity contribution in [3.8, 4) is 11.3 Å². The van der Waals surface area contributed by atoms with Crippen LogP contribution in [0, 0.1) is 0 Å². The minimum atomic E-state index is -4.41. The van der Waals surface area contributed by atoms with Gasteiger partial charge >= 0.3 is 6.18 Å². The van der Waals surface area contributed by atoms with Gasteiger partial charge in [0.1, 0.15) is 11.4 Å². The molecule has 0 radical (unpaired) electrons. The lowest BCUT2D eigenvalue weighted by atomic mass is 10.1. The second-order valence-electron chi connectivity index (χ2n) is 6.74. The van der Waals surface area contributed by atoms with Crippen LogP contribution in [-0.4, -0.2) is 17.9 Å². The molecular weight excluding hydrogens is 409 g/mol. The Hall–Kier alpha value is -4.01. The van der Waals surface area contributed by atoms with Crippen LogP contribution in [0.4, 0.5) is 30.4 Å². The molecule has 158 valence electrons. The van der Waals surface area contributed by atoms with Crippen molar-refractivity contribution in [2.24, 2.45) is 0 Å². The summed E-state index contributed by atoms with van der Waals surface area (Å²) in [5.74, 6) is -0.177. The first-order valence-electron chi connectivity index (χ1n) is 9.21. The summed E-state index contributed by atoms with van der Waals surface area (Å²) >= 11 is 0. The first kappa shape index (κ1) is 20.3. The number of nitrogens with two attached hydrogens (primary N) is 1. The predicted molar refractivity (Wildman–Crippen MR) is 112 cm³/mol. The molecule has 0 spiro atoms. The van der Waals surface area contributed by atoms with Gasteiger partial charge in [-0.05, 0) is 42.5 Å². The highest BCUT2D eigenvalue weighted by Crippen LogP contribution is 2.39. The van der Waals surface area contributed by atoms with E-state index in [1.807, 2.05) is 0 Å². The number of aromatic nitrogens is 1. The molecule has 2 aromatic heterocycles. The number of amides is 1. The Labute approximate surface area is 174 Å². The van der Waals surface area contributed by atoms with Crippen LogP contribution in [0.15, 0.2) is 65.2 Å². The summed E-state index contributed by atoms with van der Waals surface area (Å²) in [6.45, 7) is 0. The Morgan fingerprint density at radius 3 is 2.52 bits per heavy atom. The second kappa shape index (κ2) is 7.67. The van der Waals surface area contributed by atoms with E-state index in [1.165, 1.54) is 12.1 Å². The van der Waals surface area contributed by atoms with Crippen LogP contribution in [0.1, 0.15) is 15.9 Å². The molecule has 31 heavy (non-hydrogen) atoms. The predicted octanol–water partition coefficient (Wildman–Crippen LogP) is 5.20. The monoisotopic (exact) mass is 426 g/mol. The maximum Gasteiger partial charge on any atom is 0.416 e. The van der Waals surface area contributed by atoms with Crippen molar-refractivity contribution in [2.75, 3.05) is 18.1 Å². The number of anilines is 3. The van der Waals surface area contributed by atoms with E-state index < -0.39 is 11.7 Å². The van der Waals surface area contributed by atoms with E-state index in [-0.39, 0.29) is 11.8 Å². The molecule has 4 aromatic rings. The Morgan fingerprint density at radius 1 is 1.10 bits per heavy atom. The number of fused-ring (bicyclic) bond motifs is 1. The van der Waals surface area contributed by atoms with Gasteiger partial charge in [-0.2, -0.15) is 13.2 Å². The maximum absolute atomic E-state index is 12.8. The van der Waals surface area contributed by atoms with E-state index in [1.54, 1.807) is 43.6 Å². The molecule has 0 aliphatic rings. The summed E-state index contributed by atoms with van der Waals surface area (Å²) in [4.78, 5) is 16.3. The molecule has 2 aromatic carbocycles. The van der Waals surface area contributed by atoms with E-state index in [0.717, 1.165) is 12.1 Å². The number of furan rings is 1. The highest BCUT2D eigenvalue weighted by atomic mass is 19.4. The second-order valence-corrected chi connectivity index (χ2v) is 6.74. The molecule has 0 bridgehead atoms. The van der Waals surface area contributed by atoms with Gasteiger partial charge in [-0.25, -0.2) is 0 Å². The Balaban J connectivity index is 1.74. The van der Waals surface area contributed by atoms with Gasteiger partial charge in [-0.1, -0.05) is 12.1 Å². The summed E-state index contributed by atoms with van der Waals surface area (Å²) in [7, 11) is 1.54. The fourth-order valence-electron chi connectivity index (χ4n) is 3.22. The van der Waals surface area contributed by atoms with Crippen molar-refractivity contribution in [3.63, 3.8) is 0 Å². The smallest absolute Gasteiger partial charge is 0.416 e. The average Bonchev–Trinajstić information content (AvgIpc) is 3.08. The molecule has 0 unspecified atom stereocenters. The Kier molecular flexibility index (Phi) is 5.02. The third kappa shape index (κ3) is 3.89. The number of pyridine rings is 1. The number of nitrogens with one attached hydrogen (secondary N) is 2. The highest BCUT2D eigenvalue weighted by molar-refractivity contribution is 6.04. The molecule has 0 aliphatic heterocycles. The van der Waals surface area contributed by atoms with Gasteiger partial charge in [0.25, 0.3) is 5.91 Å². The van der Waals surface area contributed by atoms with E-state index in [0.29, 0.717) is 39.2 Å². The quantitative estimate of drug-likeness (QED) is 0.417. The summed E-state index contributed by atoms with van der Waals surface area (Å²) in [6.07, 6.45) is -2.85. The molecule has 0 atom stereocenters. The number of carbonyl (C=O) groups excluding carboxylic acids is 1. The van der Waals surface area contributed by atoms with Crippen molar-refractivity contribution in [2.45, 2.75) is 6.18 Å². The van der Waals surface area contributed by atoms with E-state index in [4.69, 9.17) is 10.2 Å². The summed E-state index contributed by atoms with van der Waals surface area (Å²) in [5, 5.41) is 6.19. The normalized spacial score (nSPS) is 11.5. The summed E-state index contributed by atoms with van der Waals surface area (Å²) < 4.78 is 44.1. The summed E-state index contributed by atoms with van der Waals surface area (Å²) in [6, 6.07) is 13.2. The minimum absolute atomic E-state index is 0.0617. The third-order valence-electron chi connectivity index (χ3n) is 4.74. The van der Waals surface area contributed by atoms with Crippen molar-refractivity contribution in [1.82, 2.24) is 10.3 Å². The molecule has 4 rings (SSSR count). The van der Waals surface area contributed by atoms with Crippen LogP contribution in [0.25, 0.3) is 22.2 Å². The summed E-state index contributed by atoms with van der Waals surface area (Å²) in [5.41, 5.74) is 8.13. The molecule has 0 fully saturated rings. The van der Waals surface area contributed by atoms with Gasteiger partial charge in [-0.15, -0.1) is 0 Å². The lowest BCUT2D eigenvalue weighted by Gasteiger charge is -2.09. The maximum atomic E-state index is 12.8. The zero-order chi connectivity index (χ0) is 22.2. The topological polar surface area (TPSA) is 93.2 Å². The molecule has 0 aliphatic carbocycles.